The molecule has 5 N–H and O–H groups in total. The first kappa shape index (κ1) is 11.2. The molecule has 6 heteroatoms. The second-order valence-electron chi connectivity index (χ2n) is 4.14. The predicted octanol–water partition coefficient (Wildman–Crippen LogP) is 1.35. The van der Waals surface area contributed by atoms with Crippen LogP contribution in [0.4, 0.5) is 11.5 Å². The first-order valence-corrected chi connectivity index (χ1v) is 5.64. The molecule has 3 aromatic rings. The zero-order valence-corrected chi connectivity index (χ0v) is 9.92. The van der Waals surface area contributed by atoms with Crippen LogP contribution in [0.15, 0.2) is 36.8 Å². The Balaban J connectivity index is 2.17. The van der Waals surface area contributed by atoms with Crippen LogP contribution in [0.3, 0.4) is 0 Å². The summed E-state index contributed by atoms with van der Waals surface area (Å²) in [5.74, 6) is 0.110. The number of benzene rings is 1. The molecule has 0 amide bonds. The molecule has 0 aliphatic heterocycles. The lowest BCUT2D eigenvalue weighted by atomic mass is 10.0. The van der Waals surface area contributed by atoms with Gasteiger partial charge >= 0.3 is 0 Å². The number of nitrogen functional groups attached to an aromatic ring is 2. The van der Waals surface area contributed by atoms with Crippen molar-refractivity contribution < 1.29 is 4.79 Å². The van der Waals surface area contributed by atoms with Gasteiger partial charge < -0.3 is 16.5 Å². The first-order valence-electron chi connectivity index (χ1n) is 5.64. The number of hydrogen-bond acceptors (Lipinski definition) is 5. The van der Waals surface area contributed by atoms with Gasteiger partial charge in [-0.3, -0.25) is 4.79 Å². The van der Waals surface area contributed by atoms with Gasteiger partial charge in [-0.2, -0.15) is 0 Å². The Morgan fingerprint density at radius 3 is 2.84 bits per heavy atom. The average molecular weight is 253 g/mol. The normalized spacial score (nSPS) is 10.7. The van der Waals surface area contributed by atoms with Gasteiger partial charge in [0.1, 0.15) is 17.8 Å². The van der Waals surface area contributed by atoms with Crippen LogP contribution < -0.4 is 11.5 Å². The van der Waals surface area contributed by atoms with Crippen molar-refractivity contribution in [3.8, 4) is 0 Å². The molecule has 0 radical (unpaired) electrons. The van der Waals surface area contributed by atoms with Crippen molar-refractivity contribution >= 4 is 28.3 Å². The molecule has 0 saturated carbocycles. The molecule has 0 unspecified atom stereocenters. The molecule has 19 heavy (non-hydrogen) atoms. The van der Waals surface area contributed by atoms with E-state index in [4.69, 9.17) is 11.5 Å². The molecule has 0 fully saturated rings. The van der Waals surface area contributed by atoms with Crippen LogP contribution in [0.2, 0.25) is 0 Å². The summed E-state index contributed by atoms with van der Waals surface area (Å²) in [5.41, 5.74) is 13.5. The van der Waals surface area contributed by atoms with Gasteiger partial charge in [0.25, 0.3) is 0 Å². The highest BCUT2D eigenvalue weighted by Gasteiger charge is 2.17. The molecule has 0 spiro atoms. The minimum atomic E-state index is -0.167. The number of aromatic amines is 1. The average Bonchev–Trinajstić information content (AvgIpc) is 2.83. The minimum absolute atomic E-state index is 0.167. The minimum Gasteiger partial charge on any atom is -0.399 e. The highest BCUT2D eigenvalue weighted by molar-refractivity contribution is 6.17. The SMILES string of the molecule is Nc1cccc(C(=O)c2c[nH]c3ncnc(N)c23)c1. The predicted molar refractivity (Wildman–Crippen MR) is 72.6 cm³/mol. The van der Waals surface area contributed by atoms with E-state index in [-0.39, 0.29) is 11.6 Å². The number of anilines is 2. The summed E-state index contributed by atoms with van der Waals surface area (Å²) in [7, 11) is 0. The molecule has 6 nitrogen and oxygen atoms in total. The van der Waals surface area contributed by atoms with Crippen LogP contribution in [0.25, 0.3) is 11.0 Å². The summed E-state index contributed by atoms with van der Waals surface area (Å²) in [4.78, 5) is 23.3. The van der Waals surface area contributed by atoms with Crippen molar-refractivity contribution in [1.82, 2.24) is 15.0 Å². The molecule has 0 bridgehead atoms. The van der Waals surface area contributed by atoms with Crippen LogP contribution in [0, 0.1) is 0 Å². The van der Waals surface area contributed by atoms with Crippen LogP contribution >= 0.6 is 0 Å². The van der Waals surface area contributed by atoms with Crippen molar-refractivity contribution in [2.45, 2.75) is 0 Å². The maximum atomic E-state index is 12.4. The van der Waals surface area contributed by atoms with E-state index in [2.05, 4.69) is 15.0 Å². The van der Waals surface area contributed by atoms with Gasteiger partial charge in [-0.1, -0.05) is 12.1 Å². The Kier molecular flexibility index (Phi) is 2.42. The lowest BCUT2D eigenvalue weighted by Gasteiger charge is -2.02. The topological polar surface area (TPSA) is 111 Å². The number of hydrogen-bond donors (Lipinski definition) is 3. The van der Waals surface area contributed by atoms with E-state index in [1.165, 1.54) is 6.33 Å². The van der Waals surface area contributed by atoms with Gasteiger partial charge in [0.05, 0.1) is 10.9 Å². The Hall–Kier alpha value is -2.89. The lowest BCUT2D eigenvalue weighted by molar-refractivity contribution is 0.104. The number of aromatic nitrogens is 3. The van der Waals surface area contributed by atoms with Gasteiger partial charge in [0, 0.05) is 17.4 Å². The zero-order valence-electron chi connectivity index (χ0n) is 9.92. The number of carbonyl (C=O) groups excluding carboxylic acids is 1. The molecule has 1 aromatic carbocycles. The molecule has 0 aliphatic carbocycles. The Bertz CT molecular complexity index is 778. The van der Waals surface area contributed by atoms with Gasteiger partial charge in [-0.05, 0) is 12.1 Å². The number of nitrogens with one attached hydrogen (secondary N) is 1. The van der Waals surface area contributed by atoms with E-state index in [0.29, 0.717) is 27.8 Å². The van der Waals surface area contributed by atoms with Crippen molar-refractivity contribution in [2.75, 3.05) is 11.5 Å². The maximum Gasteiger partial charge on any atom is 0.195 e. The third-order valence-corrected chi connectivity index (χ3v) is 2.89. The first-order chi connectivity index (χ1) is 9.16. The van der Waals surface area contributed by atoms with Crippen LogP contribution in [0.1, 0.15) is 15.9 Å². The Morgan fingerprint density at radius 2 is 2.05 bits per heavy atom. The number of rotatable bonds is 2. The van der Waals surface area contributed by atoms with Crippen LogP contribution in [-0.2, 0) is 0 Å². The fourth-order valence-corrected chi connectivity index (χ4v) is 2.00. The maximum absolute atomic E-state index is 12.4. The van der Waals surface area contributed by atoms with E-state index in [9.17, 15) is 4.79 Å². The fourth-order valence-electron chi connectivity index (χ4n) is 2.00. The molecular weight excluding hydrogens is 242 g/mol. The third kappa shape index (κ3) is 1.79. The van der Waals surface area contributed by atoms with Gasteiger partial charge in [0.2, 0.25) is 0 Å². The molecular formula is C13H11N5O. The zero-order chi connectivity index (χ0) is 13.4. The number of nitrogens with two attached hydrogens (primary N) is 2. The second-order valence-corrected chi connectivity index (χ2v) is 4.14. The van der Waals surface area contributed by atoms with E-state index in [0.717, 1.165) is 0 Å². The molecule has 0 aliphatic rings. The van der Waals surface area contributed by atoms with Crippen molar-refractivity contribution in [2.24, 2.45) is 0 Å². The summed E-state index contributed by atoms with van der Waals surface area (Å²) in [5, 5.41) is 0.537. The Morgan fingerprint density at radius 1 is 1.21 bits per heavy atom. The monoisotopic (exact) mass is 253 g/mol. The number of fused-ring (bicyclic) bond motifs is 1. The highest BCUT2D eigenvalue weighted by Crippen LogP contribution is 2.23. The van der Waals surface area contributed by atoms with E-state index >= 15 is 0 Å². The van der Waals surface area contributed by atoms with Gasteiger partial charge in [0.15, 0.2) is 5.78 Å². The summed E-state index contributed by atoms with van der Waals surface area (Å²) < 4.78 is 0. The third-order valence-electron chi connectivity index (χ3n) is 2.89. The summed E-state index contributed by atoms with van der Waals surface area (Å²) in [6.07, 6.45) is 2.93. The number of nitrogens with zero attached hydrogens (tertiary/aromatic N) is 2. The van der Waals surface area contributed by atoms with Crippen molar-refractivity contribution in [3.63, 3.8) is 0 Å². The molecule has 2 aromatic heterocycles. The number of ketones is 1. The standard InChI is InChI=1S/C13H11N5O/c14-8-3-1-2-7(4-8)11(19)9-5-16-13-10(9)12(15)17-6-18-13/h1-6H,14H2,(H3,15,16,17,18). The summed E-state index contributed by atoms with van der Waals surface area (Å²) in [6.45, 7) is 0. The van der Waals surface area contributed by atoms with Crippen LogP contribution in [-0.4, -0.2) is 20.7 Å². The van der Waals surface area contributed by atoms with Crippen molar-refractivity contribution in [1.29, 1.82) is 0 Å². The summed E-state index contributed by atoms with van der Waals surface area (Å²) >= 11 is 0. The Labute approximate surface area is 108 Å². The second kappa shape index (κ2) is 4.09. The lowest BCUT2D eigenvalue weighted by Crippen LogP contribution is -2.03. The van der Waals surface area contributed by atoms with Crippen LogP contribution in [0.5, 0.6) is 0 Å². The quantitative estimate of drug-likeness (QED) is 0.471. The summed E-state index contributed by atoms with van der Waals surface area (Å²) in [6, 6.07) is 6.79. The smallest absolute Gasteiger partial charge is 0.195 e. The number of carbonyl (C=O) groups is 1. The van der Waals surface area contributed by atoms with Gasteiger partial charge in [-0.25, -0.2) is 9.97 Å². The van der Waals surface area contributed by atoms with E-state index in [1.54, 1.807) is 30.5 Å². The largest absolute Gasteiger partial charge is 0.399 e. The highest BCUT2D eigenvalue weighted by atomic mass is 16.1. The van der Waals surface area contributed by atoms with E-state index in [1.807, 2.05) is 0 Å². The molecule has 0 atom stereocenters. The molecule has 3 rings (SSSR count). The molecule has 2 heterocycles. The molecule has 94 valence electrons. The molecule has 0 saturated heterocycles. The van der Waals surface area contributed by atoms with Gasteiger partial charge in [-0.15, -0.1) is 0 Å². The van der Waals surface area contributed by atoms with Crippen molar-refractivity contribution in [3.05, 3.63) is 47.9 Å². The fraction of sp³-hybridized carbons (Fsp3) is 0. The van der Waals surface area contributed by atoms with E-state index < -0.39 is 0 Å². The number of H-pyrrole nitrogens is 1.